The van der Waals surface area contributed by atoms with Gasteiger partial charge < -0.3 is 14.1 Å². The van der Waals surface area contributed by atoms with Crippen LogP contribution in [-0.2, 0) is 0 Å². The number of carbonyl (C=O) groups excluding carboxylic acids is 1. The van der Waals surface area contributed by atoms with Crippen LogP contribution in [0.3, 0.4) is 0 Å². The maximum absolute atomic E-state index is 12.3. The first kappa shape index (κ1) is 13.7. The fourth-order valence-electron chi connectivity index (χ4n) is 2.45. The lowest BCUT2D eigenvalue weighted by atomic mass is 10.1. The van der Waals surface area contributed by atoms with E-state index in [2.05, 4.69) is 4.98 Å². The highest BCUT2D eigenvalue weighted by molar-refractivity contribution is 5.95. The Bertz CT molecular complexity index is 672. The van der Waals surface area contributed by atoms with Gasteiger partial charge in [-0.05, 0) is 32.9 Å². The molecule has 2 aromatic heterocycles. The van der Waals surface area contributed by atoms with Gasteiger partial charge in [-0.1, -0.05) is 6.07 Å². The summed E-state index contributed by atoms with van der Waals surface area (Å²) in [6, 6.07) is 7.46. The third kappa shape index (κ3) is 2.77. The summed E-state index contributed by atoms with van der Waals surface area (Å²) in [6.45, 7) is 6.74. The smallest absolute Gasteiger partial charge is 0.257 e. The summed E-state index contributed by atoms with van der Waals surface area (Å²) in [6.07, 6.45) is 0.0107. The Hall–Kier alpha value is -2.30. The summed E-state index contributed by atoms with van der Waals surface area (Å²) in [4.78, 5) is 18.4. The van der Waals surface area contributed by atoms with E-state index in [1.54, 1.807) is 11.0 Å². The number of carbonyl (C=O) groups is 1. The predicted molar refractivity (Wildman–Crippen MR) is 77.5 cm³/mol. The van der Waals surface area contributed by atoms with Gasteiger partial charge >= 0.3 is 0 Å². The van der Waals surface area contributed by atoms with Crippen LogP contribution in [-0.4, -0.2) is 35.0 Å². The van der Waals surface area contributed by atoms with Gasteiger partial charge in [0.15, 0.2) is 0 Å². The molecule has 1 aliphatic rings. The topological polar surface area (TPSA) is 55.6 Å². The van der Waals surface area contributed by atoms with Gasteiger partial charge in [-0.25, -0.2) is 4.98 Å². The van der Waals surface area contributed by atoms with Crippen LogP contribution in [0.15, 0.2) is 28.7 Å². The van der Waals surface area contributed by atoms with Crippen LogP contribution in [0.25, 0.3) is 0 Å². The molecule has 0 aromatic carbocycles. The molecule has 21 heavy (non-hydrogen) atoms. The fraction of sp³-hybridized carbons (Fsp3) is 0.375. The van der Waals surface area contributed by atoms with Gasteiger partial charge in [0.1, 0.15) is 17.6 Å². The van der Waals surface area contributed by atoms with Crippen LogP contribution in [0.1, 0.15) is 27.6 Å². The van der Waals surface area contributed by atoms with Gasteiger partial charge in [0.25, 0.3) is 5.91 Å². The molecule has 1 aliphatic heterocycles. The number of aryl methyl sites for hydroxylation is 3. The molecule has 0 bridgehead atoms. The van der Waals surface area contributed by atoms with Crippen LogP contribution in [0.2, 0.25) is 0 Å². The predicted octanol–water partition coefficient (Wildman–Crippen LogP) is 2.50. The Morgan fingerprint density at radius 1 is 1.33 bits per heavy atom. The van der Waals surface area contributed by atoms with Crippen molar-refractivity contribution in [3.8, 4) is 5.88 Å². The average molecular weight is 286 g/mol. The molecule has 0 spiro atoms. The molecule has 1 fully saturated rings. The molecule has 3 heterocycles. The minimum absolute atomic E-state index is 0.00130. The number of likely N-dealkylation sites (tertiary alicyclic amines) is 1. The van der Waals surface area contributed by atoms with Crippen molar-refractivity contribution in [3.05, 3.63) is 47.0 Å². The maximum Gasteiger partial charge on any atom is 0.257 e. The lowest BCUT2D eigenvalue weighted by Gasteiger charge is -2.38. The molecule has 0 N–H and O–H groups in total. The van der Waals surface area contributed by atoms with E-state index in [1.807, 2.05) is 39.0 Å². The largest absolute Gasteiger partial charge is 0.471 e. The van der Waals surface area contributed by atoms with E-state index in [9.17, 15) is 4.79 Å². The minimum Gasteiger partial charge on any atom is -0.471 e. The van der Waals surface area contributed by atoms with Gasteiger partial charge in [0.05, 0.1) is 18.7 Å². The third-order valence-electron chi connectivity index (χ3n) is 3.56. The van der Waals surface area contributed by atoms with Gasteiger partial charge in [-0.3, -0.25) is 4.79 Å². The highest BCUT2D eigenvalue weighted by atomic mass is 16.5. The summed E-state index contributed by atoms with van der Waals surface area (Å²) in [5.74, 6) is 2.04. The third-order valence-corrected chi connectivity index (χ3v) is 3.56. The number of nitrogens with zero attached hydrogens (tertiary/aromatic N) is 2. The zero-order chi connectivity index (χ0) is 15.0. The number of rotatable bonds is 3. The average Bonchev–Trinajstić information content (AvgIpc) is 2.72. The van der Waals surface area contributed by atoms with E-state index in [0.29, 0.717) is 30.3 Å². The Morgan fingerprint density at radius 3 is 2.71 bits per heavy atom. The summed E-state index contributed by atoms with van der Waals surface area (Å²) >= 11 is 0. The van der Waals surface area contributed by atoms with Crippen LogP contribution < -0.4 is 4.74 Å². The molecule has 0 atom stereocenters. The highest BCUT2D eigenvalue weighted by Gasteiger charge is 2.34. The van der Waals surface area contributed by atoms with Crippen molar-refractivity contribution in [3.63, 3.8) is 0 Å². The lowest BCUT2D eigenvalue weighted by Crippen LogP contribution is -2.56. The fourth-order valence-corrected chi connectivity index (χ4v) is 2.45. The van der Waals surface area contributed by atoms with E-state index >= 15 is 0 Å². The summed E-state index contributed by atoms with van der Waals surface area (Å²) in [5, 5.41) is 0. The number of pyridine rings is 1. The van der Waals surface area contributed by atoms with Crippen molar-refractivity contribution >= 4 is 5.91 Å². The number of ether oxygens (including phenoxy) is 1. The van der Waals surface area contributed by atoms with Crippen molar-refractivity contribution in [2.75, 3.05) is 13.1 Å². The van der Waals surface area contributed by atoms with Gasteiger partial charge in [0.2, 0.25) is 5.88 Å². The zero-order valence-corrected chi connectivity index (χ0v) is 12.4. The maximum atomic E-state index is 12.3. The molecule has 0 unspecified atom stereocenters. The van der Waals surface area contributed by atoms with Gasteiger partial charge in [-0.2, -0.15) is 0 Å². The number of hydrogen-bond acceptors (Lipinski definition) is 4. The Morgan fingerprint density at radius 2 is 2.10 bits per heavy atom. The van der Waals surface area contributed by atoms with Crippen molar-refractivity contribution in [1.29, 1.82) is 0 Å². The molecule has 0 radical (unpaired) electrons. The molecule has 2 aromatic rings. The molecule has 0 saturated carbocycles. The molecule has 3 rings (SSSR count). The summed E-state index contributed by atoms with van der Waals surface area (Å²) in [7, 11) is 0. The number of aromatic nitrogens is 1. The Labute approximate surface area is 123 Å². The quantitative estimate of drug-likeness (QED) is 0.870. The SMILES string of the molecule is Cc1cccc(OC2CN(C(=O)c3cc(C)oc3C)C2)n1. The molecule has 5 nitrogen and oxygen atoms in total. The molecule has 110 valence electrons. The van der Waals surface area contributed by atoms with Gasteiger partial charge in [-0.15, -0.1) is 0 Å². The number of hydrogen-bond donors (Lipinski definition) is 0. The molecule has 1 amide bonds. The molecule has 1 saturated heterocycles. The number of amides is 1. The highest BCUT2D eigenvalue weighted by Crippen LogP contribution is 2.21. The second-order valence-corrected chi connectivity index (χ2v) is 5.39. The van der Waals surface area contributed by atoms with Crippen LogP contribution in [0.4, 0.5) is 0 Å². The lowest BCUT2D eigenvalue weighted by molar-refractivity contribution is 0.0158. The van der Waals surface area contributed by atoms with E-state index < -0.39 is 0 Å². The van der Waals surface area contributed by atoms with Crippen molar-refractivity contribution < 1.29 is 13.9 Å². The normalized spacial score (nSPS) is 14.9. The Balaban J connectivity index is 1.58. The van der Waals surface area contributed by atoms with Crippen LogP contribution >= 0.6 is 0 Å². The van der Waals surface area contributed by atoms with Gasteiger partial charge in [0, 0.05) is 11.8 Å². The van der Waals surface area contributed by atoms with Crippen molar-refractivity contribution in [2.45, 2.75) is 26.9 Å². The molecular formula is C16H18N2O3. The van der Waals surface area contributed by atoms with Crippen molar-refractivity contribution in [2.24, 2.45) is 0 Å². The van der Waals surface area contributed by atoms with E-state index in [4.69, 9.17) is 9.15 Å². The first-order chi connectivity index (χ1) is 10.0. The number of furan rings is 1. The standard InChI is InChI=1S/C16H18N2O3/c1-10-5-4-6-15(17-10)21-13-8-18(9-13)16(19)14-7-11(2)20-12(14)3/h4-7,13H,8-9H2,1-3H3. The first-order valence-corrected chi connectivity index (χ1v) is 6.99. The molecular weight excluding hydrogens is 268 g/mol. The monoisotopic (exact) mass is 286 g/mol. The molecule has 5 heteroatoms. The molecule has 0 aliphatic carbocycles. The zero-order valence-electron chi connectivity index (χ0n) is 12.4. The second kappa shape index (κ2) is 5.24. The van der Waals surface area contributed by atoms with Crippen molar-refractivity contribution in [1.82, 2.24) is 9.88 Å². The first-order valence-electron chi connectivity index (χ1n) is 6.99. The minimum atomic E-state index is 0.00130. The van der Waals surface area contributed by atoms with E-state index in [1.165, 1.54) is 0 Å². The Kier molecular flexibility index (Phi) is 3.41. The van der Waals surface area contributed by atoms with Crippen LogP contribution in [0, 0.1) is 20.8 Å². The summed E-state index contributed by atoms with van der Waals surface area (Å²) < 4.78 is 11.2. The van der Waals surface area contributed by atoms with E-state index in [-0.39, 0.29) is 12.0 Å². The second-order valence-electron chi connectivity index (χ2n) is 5.39. The van der Waals surface area contributed by atoms with E-state index in [0.717, 1.165) is 11.5 Å². The van der Waals surface area contributed by atoms with Crippen LogP contribution in [0.5, 0.6) is 5.88 Å². The summed E-state index contributed by atoms with van der Waals surface area (Å²) in [5.41, 5.74) is 1.56.